The maximum absolute atomic E-state index is 13.5. The predicted molar refractivity (Wildman–Crippen MR) is 128 cm³/mol. The zero-order chi connectivity index (χ0) is 23.0. The molecule has 33 heavy (non-hydrogen) atoms. The van der Waals surface area contributed by atoms with Crippen LogP contribution in [-0.4, -0.2) is 39.4 Å². The number of benzene rings is 1. The first kappa shape index (κ1) is 21.5. The van der Waals surface area contributed by atoms with Crippen LogP contribution in [0.4, 0.5) is 5.95 Å². The molecule has 0 unspecified atom stereocenters. The number of nitrogens with one attached hydrogen (secondary N) is 1. The van der Waals surface area contributed by atoms with Crippen LogP contribution in [0.25, 0.3) is 22.3 Å². The van der Waals surface area contributed by atoms with Crippen LogP contribution in [0, 0.1) is 6.92 Å². The molecular formula is C24H26N6O2S. The van der Waals surface area contributed by atoms with Crippen molar-refractivity contribution in [2.45, 2.75) is 49.6 Å². The van der Waals surface area contributed by atoms with Crippen LogP contribution in [-0.2, 0) is 10.0 Å². The van der Waals surface area contributed by atoms with E-state index in [-0.39, 0.29) is 17.0 Å². The minimum atomic E-state index is -3.84. The van der Waals surface area contributed by atoms with Gasteiger partial charge in [0, 0.05) is 41.1 Å². The van der Waals surface area contributed by atoms with Gasteiger partial charge in [-0.05, 0) is 62.9 Å². The molecule has 1 saturated carbocycles. The van der Waals surface area contributed by atoms with Gasteiger partial charge < -0.3 is 11.1 Å². The van der Waals surface area contributed by atoms with Gasteiger partial charge in [-0.1, -0.05) is 18.2 Å². The van der Waals surface area contributed by atoms with E-state index in [1.54, 1.807) is 61.8 Å². The van der Waals surface area contributed by atoms with Gasteiger partial charge in [-0.25, -0.2) is 27.3 Å². The quantitative estimate of drug-likeness (QED) is 0.464. The molecule has 1 aromatic carbocycles. The molecular weight excluding hydrogens is 436 g/mol. The average Bonchev–Trinajstić information content (AvgIpc) is 3.13. The standard InChI is InChI=1S/C24H26N6O2S/c1-16-22(21-13-15-27-24(29-21)28-18-11-9-17(25)10-12-18)20-8-5-14-26-23(20)30(16)33(31,32)19-6-3-2-4-7-19/h2-8,13-15,17-18H,9-12,25H2,1H3,(H,27,28,29)/t17-,18-. The second-order valence-electron chi connectivity index (χ2n) is 8.44. The van der Waals surface area contributed by atoms with E-state index in [1.807, 2.05) is 6.07 Å². The van der Waals surface area contributed by atoms with Crippen molar-refractivity contribution in [1.29, 1.82) is 0 Å². The topological polar surface area (TPSA) is 116 Å². The van der Waals surface area contributed by atoms with Crippen LogP contribution in [0.1, 0.15) is 31.4 Å². The molecule has 0 atom stereocenters. The number of nitrogens with zero attached hydrogens (tertiary/aromatic N) is 4. The Kier molecular flexibility index (Phi) is 5.59. The maximum atomic E-state index is 13.5. The van der Waals surface area contributed by atoms with E-state index in [2.05, 4.69) is 15.3 Å². The van der Waals surface area contributed by atoms with Crippen molar-refractivity contribution in [3.63, 3.8) is 0 Å². The van der Waals surface area contributed by atoms with Gasteiger partial charge in [0.25, 0.3) is 10.0 Å². The molecule has 4 aromatic rings. The zero-order valence-electron chi connectivity index (χ0n) is 18.3. The van der Waals surface area contributed by atoms with Crippen molar-refractivity contribution in [1.82, 2.24) is 18.9 Å². The normalized spacial score (nSPS) is 19.0. The first-order valence-corrected chi connectivity index (χ1v) is 12.5. The molecule has 0 saturated heterocycles. The van der Waals surface area contributed by atoms with E-state index in [0.717, 1.165) is 36.6 Å². The Labute approximate surface area is 193 Å². The van der Waals surface area contributed by atoms with Crippen molar-refractivity contribution in [3.05, 3.63) is 66.6 Å². The fourth-order valence-corrected chi connectivity index (χ4v) is 6.07. The molecule has 0 amide bonds. The van der Waals surface area contributed by atoms with Gasteiger partial charge in [0.05, 0.1) is 10.6 Å². The molecule has 1 aliphatic carbocycles. The van der Waals surface area contributed by atoms with Crippen LogP contribution in [0.2, 0.25) is 0 Å². The fraction of sp³-hybridized carbons (Fsp3) is 0.292. The predicted octanol–water partition coefficient (Wildman–Crippen LogP) is 3.72. The average molecular weight is 463 g/mol. The largest absolute Gasteiger partial charge is 0.351 e. The SMILES string of the molecule is Cc1c(-c2ccnc(N[C@H]3CC[C@H](N)CC3)n2)c2cccnc2n1S(=O)(=O)c1ccccc1. The van der Waals surface area contributed by atoms with Gasteiger partial charge in [-0.15, -0.1) is 0 Å². The Morgan fingerprint density at radius 3 is 2.48 bits per heavy atom. The third-order valence-electron chi connectivity index (χ3n) is 6.21. The molecule has 8 nitrogen and oxygen atoms in total. The molecule has 170 valence electrons. The highest BCUT2D eigenvalue weighted by atomic mass is 32.2. The van der Waals surface area contributed by atoms with Crippen molar-refractivity contribution in [2.75, 3.05) is 5.32 Å². The molecule has 3 heterocycles. The van der Waals surface area contributed by atoms with E-state index in [4.69, 9.17) is 10.7 Å². The van der Waals surface area contributed by atoms with Crippen LogP contribution < -0.4 is 11.1 Å². The summed E-state index contributed by atoms with van der Waals surface area (Å²) in [7, 11) is -3.84. The summed E-state index contributed by atoms with van der Waals surface area (Å²) >= 11 is 0. The number of hydrogen-bond acceptors (Lipinski definition) is 7. The molecule has 0 bridgehead atoms. The summed E-state index contributed by atoms with van der Waals surface area (Å²) in [6, 6.07) is 14.4. The molecule has 3 aromatic heterocycles. The van der Waals surface area contributed by atoms with Crippen molar-refractivity contribution in [3.8, 4) is 11.3 Å². The molecule has 0 radical (unpaired) electrons. The molecule has 0 aliphatic heterocycles. The summed E-state index contributed by atoms with van der Waals surface area (Å²) in [4.78, 5) is 13.8. The number of aromatic nitrogens is 4. The van der Waals surface area contributed by atoms with E-state index in [0.29, 0.717) is 23.0 Å². The number of anilines is 1. The smallest absolute Gasteiger partial charge is 0.269 e. The third kappa shape index (κ3) is 3.98. The summed E-state index contributed by atoms with van der Waals surface area (Å²) in [6.07, 6.45) is 7.21. The highest BCUT2D eigenvalue weighted by Gasteiger charge is 2.27. The van der Waals surface area contributed by atoms with E-state index < -0.39 is 10.0 Å². The lowest BCUT2D eigenvalue weighted by Crippen LogP contribution is -2.33. The van der Waals surface area contributed by atoms with Crippen molar-refractivity contribution >= 4 is 27.0 Å². The maximum Gasteiger partial charge on any atom is 0.269 e. The van der Waals surface area contributed by atoms with Crippen LogP contribution in [0.5, 0.6) is 0 Å². The van der Waals surface area contributed by atoms with E-state index in [1.165, 1.54) is 3.97 Å². The van der Waals surface area contributed by atoms with Gasteiger partial charge in [0.15, 0.2) is 5.65 Å². The Hall–Kier alpha value is -3.30. The Balaban J connectivity index is 1.60. The summed E-state index contributed by atoms with van der Waals surface area (Å²) in [6.45, 7) is 1.79. The zero-order valence-corrected chi connectivity index (χ0v) is 19.2. The highest BCUT2D eigenvalue weighted by Crippen LogP contribution is 2.35. The Morgan fingerprint density at radius 2 is 1.73 bits per heavy atom. The molecule has 5 rings (SSSR count). The lowest BCUT2D eigenvalue weighted by atomic mass is 9.92. The summed E-state index contributed by atoms with van der Waals surface area (Å²) in [5.41, 5.74) is 8.34. The lowest BCUT2D eigenvalue weighted by molar-refractivity contribution is 0.410. The van der Waals surface area contributed by atoms with Crippen molar-refractivity contribution < 1.29 is 8.42 Å². The van der Waals surface area contributed by atoms with E-state index in [9.17, 15) is 8.42 Å². The molecule has 1 aliphatic rings. The second kappa shape index (κ2) is 8.57. The lowest BCUT2D eigenvalue weighted by Gasteiger charge is -2.26. The minimum absolute atomic E-state index is 0.211. The number of fused-ring (bicyclic) bond motifs is 1. The Bertz CT molecular complexity index is 1390. The molecule has 3 N–H and O–H groups in total. The summed E-state index contributed by atoms with van der Waals surface area (Å²) in [5, 5.41) is 4.15. The fourth-order valence-electron chi connectivity index (χ4n) is 4.54. The second-order valence-corrected chi connectivity index (χ2v) is 10.2. The van der Waals surface area contributed by atoms with Crippen LogP contribution in [0.15, 0.2) is 65.8 Å². The number of nitrogens with two attached hydrogens (primary N) is 1. The van der Waals surface area contributed by atoms with Gasteiger partial charge in [-0.3, -0.25) is 0 Å². The van der Waals surface area contributed by atoms with Gasteiger partial charge in [-0.2, -0.15) is 0 Å². The van der Waals surface area contributed by atoms with Crippen LogP contribution in [0.3, 0.4) is 0 Å². The third-order valence-corrected chi connectivity index (χ3v) is 8.01. The van der Waals surface area contributed by atoms with Crippen LogP contribution >= 0.6 is 0 Å². The summed E-state index contributed by atoms with van der Waals surface area (Å²) in [5.74, 6) is 0.531. The molecule has 0 spiro atoms. The highest BCUT2D eigenvalue weighted by molar-refractivity contribution is 7.90. The first-order chi connectivity index (χ1) is 15.9. The number of rotatable bonds is 5. The summed E-state index contributed by atoms with van der Waals surface area (Å²) < 4.78 is 28.4. The molecule has 1 fully saturated rings. The van der Waals surface area contributed by atoms with Gasteiger partial charge in [0.2, 0.25) is 5.95 Å². The first-order valence-electron chi connectivity index (χ1n) is 11.1. The number of hydrogen-bond donors (Lipinski definition) is 2. The minimum Gasteiger partial charge on any atom is -0.351 e. The van der Waals surface area contributed by atoms with Gasteiger partial charge >= 0.3 is 0 Å². The molecule has 9 heteroatoms. The van der Waals surface area contributed by atoms with E-state index >= 15 is 0 Å². The number of pyridine rings is 1. The monoisotopic (exact) mass is 462 g/mol. The Morgan fingerprint density at radius 1 is 0.970 bits per heavy atom. The van der Waals surface area contributed by atoms with Gasteiger partial charge in [0.1, 0.15) is 0 Å². The van der Waals surface area contributed by atoms with Crippen molar-refractivity contribution in [2.24, 2.45) is 5.73 Å².